The number of hydrogen-bond acceptors (Lipinski definition) is 4. The van der Waals surface area contributed by atoms with Gasteiger partial charge in [-0.25, -0.2) is 9.78 Å². The third-order valence-electron chi connectivity index (χ3n) is 4.10. The van der Waals surface area contributed by atoms with Crippen molar-refractivity contribution in [3.8, 4) is 11.3 Å². The molecule has 0 aliphatic heterocycles. The lowest BCUT2D eigenvalue weighted by Gasteiger charge is -2.10. The summed E-state index contributed by atoms with van der Waals surface area (Å²) in [5.41, 5.74) is 3.38. The molecule has 0 aliphatic rings. The van der Waals surface area contributed by atoms with Gasteiger partial charge in [0.25, 0.3) is 5.91 Å². The second-order valence-electron chi connectivity index (χ2n) is 6.05. The Bertz CT molecular complexity index is 961. The number of amides is 2. The molecular weight excluding hydrogens is 356 g/mol. The maximum Gasteiger partial charge on any atom is 0.404 e. The fourth-order valence-corrected chi connectivity index (χ4v) is 2.75. The van der Waals surface area contributed by atoms with E-state index >= 15 is 0 Å². The maximum atomic E-state index is 12.4. The van der Waals surface area contributed by atoms with Gasteiger partial charge in [0.05, 0.1) is 5.69 Å². The molecule has 0 aliphatic carbocycles. The molecule has 0 radical (unpaired) electrons. The van der Waals surface area contributed by atoms with E-state index in [0.717, 1.165) is 16.8 Å². The molecule has 2 amide bonds. The van der Waals surface area contributed by atoms with Gasteiger partial charge in [-0.15, -0.1) is 0 Å². The first-order valence-electron chi connectivity index (χ1n) is 8.84. The topological polar surface area (TPSA) is 104 Å². The van der Waals surface area contributed by atoms with E-state index < -0.39 is 6.09 Å². The van der Waals surface area contributed by atoms with E-state index in [-0.39, 0.29) is 12.5 Å². The number of rotatable bonds is 7. The number of benzene rings is 1. The smallest absolute Gasteiger partial charge is 0.404 e. The molecule has 0 spiro atoms. The fraction of sp³-hybridized carbons (Fsp3) is 0.143. The van der Waals surface area contributed by atoms with Crippen LogP contribution in [0.15, 0.2) is 66.9 Å². The summed E-state index contributed by atoms with van der Waals surface area (Å²) in [5, 5.41) is 14.0. The minimum atomic E-state index is -1.09. The average molecular weight is 376 g/mol. The second kappa shape index (κ2) is 9.27. The number of pyridine rings is 2. The second-order valence-corrected chi connectivity index (χ2v) is 6.05. The van der Waals surface area contributed by atoms with Gasteiger partial charge in [0.15, 0.2) is 0 Å². The molecule has 0 unspecified atom stereocenters. The van der Waals surface area contributed by atoms with E-state index in [9.17, 15) is 9.59 Å². The molecule has 28 heavy (non-hydrogen) atoms. The fourth-order valence-electron chi connectivity index (χ4n) is 2.75. The van der Waals surface area contributed by atoms with Gasteiger partial charge in [-0.05, 0) is 29.8 Å². The van der Waals surface area contributed by atoms with Crippen LogP contribution in [0, 0.1) is 0 Å². The van der Waals surface area contributed by atoms with Crippen molar-refractivity contribution < 1.29 is 14.7 Å². The van der Waals surface area contributed by atoms with Crippen molar-refractivity contribution >= 4 is 12.0 Å². The summed E-state index contributed by atoms with van der Waals surface area (Å²) in [4.78, 5) is 31.9. The number of carbonyl (C=O) groups is 2. The van der Waals surface area contributed by atoms with Crippen molar-refractivity contribution in [3.63, 3.8) is 0 Å². The number of carbonyl (C=O) groups excluding carboxylic acids is 1. The van der Waals surface area contributed by atoms with Gasteiger partial charge in [-0.2, -0.15) is 0 Å². The van der Waals surface area contributed by atoms with Gasteiger partial charge >= 0.3 is 6.09 Å². The Morgan fingerprint density at radius 1 is 0.929 bits per heavy atom. The van der Waals surface area contributed by atoms with Gasteiger partial charge in [-0.1, -0.05) is 36.4 Å². The van der Waals surface area contributed by atoms with Gasteiger partial charge in [0.1, 0.15) is 5.69 Å². The van der Waals surface area contributed by atoms with E-state index in [1.807, 2.05) is 42.5 Å². The van der Waals surface area contributed by atoms with Crippen molar-refractivity contribution in [2.75, 3.05) is 6.54 Å². The van der Waals surface area contributed by atoms with Gasteiger partial charge in [0.2, 0.25) is 0 Å². The van der Waals surface area contributed by atoms with Crippen LogP contribution >= 0.6 is 0 Å². The highest BCUT2D eigenvalue weighted by atomic mass is 16.4. The SMILES string of the molecule is O=C(O)NCc1ccccc1-c1cccc(C(=O)NCCc2ccccn2)n1. The van der Waals surface area contributed by atoms with Crippen LogP contribution < -0.4 is 10.6 Å². The molecule has 2 heterocycles. The molecule has 3 aromatic rings. The molecule has 1 aromatic carbocycles. The van der Waals surface area contributed by atoms with Crippen molar-refractivity contribution in [1.82, 2.24) is 20.6 Å². The Hall–Kier alpha value is -3.74. The van der Waals surface area contributed by atoms with E-state index in [2.05, 4.69) is 20.6 Å². The Balaban J connectivity index is 1.70. The normalized spacial score (nSPS) is 10.3. The summed E-state index contributed by atoms with van der Waals surface area (Å²) >= 11 is 0. The molecule has 0 saturated heterocycles. The van der Waals surface area contributed by atoms with Crippen LogP contribution in [0.4, 0.5) is 4.79 Å². The monoisotopic (exact) mass is 376 g/mol. The zero-order valence-corrected chi connectivity index (χ0v) is 15.1. The van der Waals surface area contributed by atoms with Crippen LogP contribution in [0.3, 0.4) is 0 Å². The van der Waals surface area contributed by atoms with Crippen molar-refractivity contribution in [2.24, 2.45) is 0 Å². The number of nitrogens with one attached hydrogen (secondary N) is 2. The quantitative estimate of drug-likeness (QED) is 0.588. The van der Waals surface area contributed by atoms with Crippen LogP contribution in [-0.2, 0) is 13.0 Å². The van der Waals surface area contributed by atoms with Gasteiger partial charge < -0.3 is 15.7 Å². The van der Waals surface area contributed by atoms with Gasteiger partial charge in [0, 0.05) is 37.0 Å². The molecule has 142 valence electrons. The van der Waals surface area contributed by atoms with Crippen molar-refractivity contribution in [1.29, 1.82) is 0 Å². The van der Waals surface area contributed by atoms with E-state index in [0.29, 0.717) is 24.4 Å². The van der Waals surface area contributed by atoms with E-state index in [1.165, 1.54) is 0 Å². The lowest BCUT2D eigenvalue weighted by atomic mass is 10.0. The molecule has 0 bridgehead atoms. The standard InChI is InChI=1S/C21H20N4O3/c26-20(23-13-11-16-7-3-4-12-22-16)19-10-5-9-18(25-19)17-8-2-1-6-15(17)14-24-21(27)28/h1-10,12,24H,11,13-14H2,(H,23,26)(H,27,28). The first-order valence-corrected chi connectivity index (χ1v) is 8.84. The Morgan fingerprint density at radius 2 is 1.75 bits per heavy atom. The summed E-state index contributed by atoms with van der Waals surface area (Å²) < 4.78 is 0. The zero-order valence-electron chi connectivity index (χ0n) is 15.1. The van der Waals surface area contributed by atoms with E-state index in [4.69, 9.17) is 5.11 Å². The highest BCUT2D eigenvalue weighted by molar-refractivity contribution is 5.92. The van der Waals surface area contributed by atoms with Crippen LogP contribution in [0.1, 0.15) is 21.7 Å². The Labute approximate surface area is 162 Å². The lowest BCUT2D eigenvalue weighted by Crippen LogP contribution is -2.26. The van der Waals surface area contributed by atoms with Crippen LogP contribution in [0.5, 0.6) is 0 Å². The molecule has 7 heteroatoms. The summed E-state index contributed by atoms with van der Waals surface area (Å²) in [6.45, 7) is 0.620. The molecule has 3 N–H and O–H groups in total. The highest BCUT2D eigenvalue weighted by Crippen LogP contribution is 2.22. The van der Waals surface area contributed by atoms with Crippen molar-refractivity contribution in [2.45, 2.75) is 13.0 Å². The average Bonchev–Trinajstić information content (AvgIpc) is 2.73. The van der Waals surface area contributed by atoms with Crippen LogP contribution in [0.25, 0.3) is 11.3 Å². The number of hydrogen-bond donors (Lipinski definition) is 3. The van der Waals surface area contributed by atoms with Gasteiger partial charge in [-0.3, -0.25) is 9.78 Å². The Morgan fingerprint density at radius 3 is 2.54 bits per heavy atom. The van der Waals surface area contributed by atoms with Crippen molar-refractivity contribution in [3.05, 3.63) is 83.8 Å². The van der Waals surface area contributed by atoms with Crippen LogP contribution in [0.2, 0.25) is 0 Å². The maximum absolute atomic E-state index is 12.4. The molecule has 0 atom stereocenters. The number of nitrogens with zero attached hydrogens (tertiary/aromatic N) is 2. The predicted molar refractivity (Wildman–Crippen MR) is 105 cm³/mol. The lowest BCUT2D eigenvalue weighted by molar-refractivity contribution is 0.0949. The first kappa shape index (κ1) is 19.0. The third kappa shape index (κ3) is 5.14. The number of aromatic nitrogens is 2. The summed E-state index contributed by atoms with van der Waals surface area (Å²) in [5.74, 6) is -0.265. The predicted octanol–water partition coefficient (Wildman–Crippen LogP) is 2.88. The highest BCUT2D eigenvalue weighted by Gasteiger charge is 2.11. The minimum Gasteiger partial charge on any atom is -0.465 e. The Kier molecular flexibility index (Phi) is 6.30. The largest absolute Gasteiger partial charge is 0.465 e. The molecule has 3 rings (SSSR count). The molecule has 0 saturated carbocycles. The summed E-state index contributed by atoms with van der Waals surface area (Å²) in [6.07, 6.45) is 1.26. The first-order chi connectivity index (χ1) is 13.6. The molecular formula is C21H20N4O3. The summed E-state index contributed by atoms with van der Waals surface area (Å²) in [7, 11) is 0. The molecule has 2 aromatic heterocycles. The van der Waals surface area contributed by atoms with E-state index in [1.54, 1.807) is 24.4 Å². The summed E-state index contributed by atoms with van der Waals surface area (Å²) in [6, 6.07) is 18.2. The molecule has 7 nitrogen and oxygen atoms in total. The number of carboxylic acid groups (broad SMARTS) is 1. The zero-order chi connectivity index (χ0) is 19.8. The third-order valence-corrected chi connectivity index (χ3v) is 4.10. The van der Waals surface area contributed by atoms with Crippen LogP contribution in [-0.4, -0.2) is 33.6 Å². The minimum absolute atomic E-state index is 0.160. The molecule has 0 fully saturated rings.